The minimum Gasteiger partial charge on any atom is -0.430 e. The number of nitrogens with zero attached hydrogens (tertiary/aromatic N) is 2. The number of carbonyl (C=O) groups is 2. The molecule has 4 saturated heterocycles. The molecule has 116 valence electrons. The fourth-order valence-electron chi connectivity index (χ4n) is 3.98. The van der Waals surface area contributed by atoms with Gasteiger partial charge in [0.1, 0.15) is 0 Å². The van der Waals surface area contributed by atoms with E-state index >= 15 is 0 Å². The molecule has 0 aliphatic carbocycles. The molecule has 4 heterocycles. The number of aryl methyl sites for hydroxylation is 2. The van der Waals surface area contributed by atoms with Crippen molar-refractivity contribution in [1.29, 1.82) is 0 Å². The topological polar surface area (TPSA) is 49.9 Å². The van der Waals surface area contributed by atoms with Crippen LogP contribution >= 0.6 is 0 Å². The SMILES string of the molecule is Cc1ccc(N2C(=O)OC3(CN4CCC3CC4)C2=O)cc1C. The minimum absolute atomic E-state index is 0.158. The molecule has 0 aromatic heterocycles. The molecule has 4 aliphatic heterocycles. The van der Waals surface area contributed by atoms with Gasteiger partial charge in [0.2, 0.25) is 5.60 Å². The lowest BCUT2D eigenvalue weighted by molar-refractivity contribution is -0.148. The summed E-state index contributed by atoms with van der Waals surface area (Å²) in [5.41, 5.74) is 1.87. The standard InChI is InChI=1S/C17H20N2O3/c1-11-3-4-14(9-12(11)2)19-15(20)17(22-16(19)21)10-18-7-5-13(17)6-8-18/h3-4,9,13H,5-8,10H2,1-2H3. The molecule has 1 unspecified atom stereocenters. The maximum Gasteiger partial charge on any atom is 0.422 e. The Kier molecular flexibility index (Phi) is 2.85. The van der Waals surface area contributed by atoms with Crippen molar-refractivity contribution >= 4 is 17.7 Å². The zero-order chi connectivity index (χ0) is 15.5. The smallest absolute Gasteiger partial charge is 0.422 e. The fraction of sp³-hybridized carbons (Fsp3) is 0.529. The molecule has 5 heteroatoms. The van der Waals surface area contributed by atoms with E-state index in [0.717, 1.165) is 37.1 Å². The lowest BCUT2D eigenvalue weighted by Crippen LogP contribution is -2.63. The van der Waals surface area contributed by atoms with Crippen LogP contribution in [0.25, 0.3) is 0 Å². The van der Waals surface area contributed by atoms with Crippen molar-refractivity contribution in [1.82, 2.24) is 4.90 Å². The van der Waals surface area contributed by atoms with Crippen molar-refractivity contribution in [3.05, 3.63) is 29.3 Å². The van der Waals surface area contributed by atoms with Gasteiger partial charge in [0.05, 0.1) is 5.69 Å². The van der Waals surface area contributed by atoms with E-state index in [9.17, 15) is 9.59 Å². The Hall–Kier alpha value is -1.88. The van der Waals surface area contributed by atoms with Crippen molar-refractivity contribution < 1.29 is 14.3 Å². The summed E-state index contributed by atoms with van der Waals surface area (Å²) in [7, 11) is 0. The van der Waals surface area contributed by atoms with E-state index in [-0.39, 0.29) is 11.8 Å². The first-order valence-electron chi connectivity index (χ1n) is 7.88. The quantitative estimate of drug-likeness (QED) is 0.798. The first-order chi connectivity index (χ1) is 10.5. The molecule has 1 aromatic rings. The Morgan fingerprint density at radius 3 is 2.45 bits per heavy atom. The average Bonchev–Trinajstić information content (AvgIpc) is 2.74. The van der Waals surface area contributed by atoms with E-state index in [4.69, 9.17) is 4.74 Å². The van der Waals surface area contributed by atoms with E-state index in [2.05, 4.69) is 4.90 Å². The monoisotopic (exact) mass is 300 g/mol. The highest BCUT2D eigenvalue weighted by Gasteiger charge is 2.62. The molecule has 0 N–H and O–H groups in total. The van der Waals surface area contributed by atoms with Crippen molar-refractivity contribution in [2.45, 2.75) is 32.3 Å². The van der Waals surface area contributed by atoms with Gasteiger partial charge in [-0.25, -0.2) is 9.69 Å². The molecule has 5 nitrogen and oxygen atoms in total. The number of benzene rings is 1. The highest BCUT2D eigenvalue weighted by Crippen LogP contribution is 2.44. The number of rotatable bonds is 1. The van der Waals surface area contributed by atoms with Crippen LogP contribution in [0.3, 0.4) is 0 Å². The Balaban J connectivity index is 1.72. The maximum absolute atomic E-state index is 13.0. The zero-order valence-electron chi connectivity index (χ0n) is 13.0. The highest BCUT2D eigenvalue weighted by atomic mass is 16.6. The van der Waals surface area contributed by atoms with Crippen molar-refractivity contribution in [2.75, 3.05) is 24.5 Å². The van der Waals surface area contributed by atoms with Gasteiger partial charge in [-0.2, -0.15) is 0 Å². The molecular weight excluding hydrogens is 280 g/mol. The van der Waals surface area contributed by atoms with Crippen LogP contribution in [-0.2, 0) is 9.53 Å². The molecule has 0 radical (unpaired) electrons. The number of piperidine rings is 3. The molecular formula is C17H20N2O3. The lowest BCUT2D eigenvalue weighted by atomic mass is 9.75. The third-order valence-corrected chi connectivity index (χ3v) is 5.47. The predicted molar refractivity (Wildman–Crippen MR) is 81.8 cm³/mol. The molecule has 22 heavy (non-hydrogen) atoms. The number of imide groups is 1. The summed E-state index contributed by atoms with van der Waals surface area (Å²) in [6, 6.07) is 5.64. The van der Waals surface area contributed by atoms with Crippen LogP contribution in [0.1, 0.15) is 24.0 Å². The first kappa shape index (κ1) is 13.8. The van der Waals surface area contributed by atoms with E-state index in [1.807, 2.05) is 32.0 Å². The first-order valence-corrected chi connectivity index (χ1v) is 7.88. The van der Waals surface area contributed by atoms with Crippen LogP contribution in [0.5, 0.6) is 0 Å². The molecule has 4 aliphatic rings. The molecule has 2 bridgehead atoms. The summed E-state index contributed by atoms with van der Waals surface area (Å²) >= 11 is 0. The Morgan fingerprint density at radius 2 is 1.86 bits per heavy atom. The fourth-order valence-corrected chi connectivity index (χ4v) is 3.98. The molecule has 0 saturated carbocycles. The lowest BCUT2D eigenvalue weighted by Gasteiger charge is -2.48. The number of ether oxygens (including phenoxy) is 1. The zero-order valence-corrected chi connectivity index (χ0v) is 13.0. The number of amides is 2. The van der Waals surface area contributed by atoms with Crippen LogP contribution in [0, 0.1) is 19.8 Å². The number of fused-ring (bicyclic) bond motifs is 2. The van der Waals surface area contributed by atoms with E-state index in [1.165, 1.54) is 4.90 Å². The summed E-state index contributed by atoms with van der Waals surface area (Å²) in [5.74, 6) is -0.0272. The van der Waals surface area contributed by atoms with Gasteiger partial charge in [0.15, 0.2) is 0 Å². The maximum atomic E-state index is 13.0. The number of hydrogen-bond acceptors (Lipinski definition) is 4. The highest BCUT2D eigenvalue weighted by molar-refractivity contribution is 6.20. The summed E-state index contributed by atoms with van der Waals surface area (Å²) < 4.78 is 5.67. The van der Waals surface area contributed by atoms with Crippen molar-refractivity contribution in [3.8, 4) is 0 Å². The number of hydrogen-bond donors (Lipinski definition) is 0. The van der Waals surface area contributed by atoms with Gasteiger partial charge < -0.3 is 4.74 Å². The molecule has 4 fully saturated rings. The average molecular weight is 300 g/mol. The van der Waals surface area contributed by atoms with Crippen molar-refractivity contribution in [3.63, 3.8) is 0 Å². The minimum atomic E-state index is -0.952. The third-order valence-electron chi connectivity index (χ3n) is 5.47. The normalized spacial score (nSPS) is 33.6. The van der Waals surface area contributed by atoms with Gasteiger partial charge in [-0.1, -0.05) is 6.07 Å². The largest absolute Gasteiger partial charge is 0.430 e. The van der Waals surface area contributed by atoms with Gasteiger partial charge in [0.25, 0.3) is 5.91 Å². The Morgan fingerprint density at radius 1 is 1.14 bits per heavy atom. The summed E-state index contributed by atoms with van der Waals surface area (Å²) in [6.07, 6.45) is 1.33. The van der Waals surface area contributed by atoms with Crippen LogP contribution in [-0.4, -0.2) is 42.1 Å². The van der Waals surface area contributed by atoms with Crippen LogP contribution in [0.15, 0.2) is 18.2 Å². The van der Waals surface area contributed by atoms with Crippen LogP contribution in [0.4, 0.5) is 10.5 Å². The van der Waals surface area contributed by atoms with Crippen LogP contribution in [0.2, 0.25) is 0 Å². The van der Waals surface area contributed by atoms with Gasteiger partial charge in [-0.3, -0.25) is 9.69 Å². The van der Waals surface area contributed by atoms with Crippen LogP contribution < -0.4 is 4.90 Å². The van der Waals surface area contributed by atoms with Gasteiger partial charge >= 0.3 is 6.09 Å². The van der Waals surface area contributed by atoms with E-state index < -0.39 is 11.7 Å². The van der Waals surface area contributed by atoms with Crippen molar-refractivity contribution in [2.24, 2.45) is 5.92 Å². The van der Waals surface area contributed by atoms with Gasteiger partial charge in [0, 0.05) is 12.5 Å². The molecule has 2 amide bonds. The summed E-state index contributed by atoms with van der Waals surface area (Å²) in [6.45, 7) is 6.54. The second-order valence-corrected chi connectivity index (χ2v) is 6.72. The summed E-state index contributed by atoms with van der Waals surface area (Å²) in [5, 5.41) is 0. The molecule has 1 spiro atoms. The second kappa shape index (κ2) is 4.56. The second-order valence-electron chi connectivity index (χ2n) is 6.72. The Labute approximate surface area is 129 Å². The molecule has 5 rings (SSSR count). The van der Waals surface area contributed by atoms with Gasteiger partial charge in [-0.05, 0) is 63.0 Å². The molecule has 1 atom stereocenters. The summed E-state index contributed by atoms with van der Waals surface area (Å²) in [4.78, 5) is 28.9. The van der Waals surface area contributed by atoms with E-state index in [1.54, 1.807) is 0 Å². The Bertz CT molecular complexity index is 664. The van der Waals surface area contributed by atoms with Gasteiger partial charge in [-0.15, -0.1) is 0 Å². The molecule has 1 aromatic carbocycles. The van der Waals surface area contributed by atoms with E-state index in [0.29, 0.717) is 12.2 Å². The third kappa shape index (κ3) is 1.75. The predicted octanol–water partition coefficient (Wildman–Crippen LogP) is 2.25. The number of carbonyl (C=O) groups excluding carboxylic acids is 2. The number of anilines is 1.